The van der Waals surface area contributed by atoms with Gasteiger partial charge in [-0.05, 0) is 76.2 Å². The van der Waals surface area contributed by atoms with Crippen LogP contribution in [-0.2, 0) is 0 Å². The van der Waals surface area contributed by atoms with Gasteiger partial charge in [0.25, 0.3) is 11.6 Å². The summed E-state index contributed by atoms with van der Waals surface area (Å²) in [5.41, 5.74) is 9.61. The van der Waals surface area contributed by atoms with Crippen molar-refractivity contribution in [2.24, 2.45) is 5.10 Å². The van der Waals surface area contributed by atoms with Gasteiger partial charge in [-0.2, -0.15) is 5.10 Å². The molecule has 0 saturated carbocycles. The molecule has 0 spiro atoms. The molecule has 0 aliphatic rings. The summed E-state index contributed by atoms with van der Waals surface area (Å²) in [6, 6.07) is 19.9. The molecule has 0 radical (unpaired) electrons. The molecule has 4 aromatic rings. The number of nitrogens with one attached hydrogen (secondary N) is 1. The molecule has 0 aliphatic carbocycles. The summed E-state index contributed by atoms with van der Waals surface area (Å²) >= 11 is 0. The summed E-state index contributed by atoms with van der Waals surface area (Å²) in [6.45, 7) is 7.90. The SMILES string of the molecule is Cc1ccc(C)n1-c1ccc(C(=O)NN=Cc2cc(C)n(-c3cccc([N+](=O)[O-])c3)c2C)cc1. The Morgan fingerprint density at radius 3 is 2.21 bits per heavy atom. The first-order valence-corrected chi connectivity index (χ1v) is 10.8. The van der Waals surface area contributed by atoms with Crippen molar-refractivity contribution in [1.29, 1.82) is 0 Å². The van der Waals surface area contributed by atoms with Crippen molar-refractivity contribution >= 4 is 17.8 Å². The van der Waals surface area contributed by atoms with Crippen molar-refractivity contribution in [3.05, 3.63) is 111 Å². The van der Waals surface area contributed by atoms with Crippen LogP contribution in [-0.4, -0.2) is 26.2 Å². The van der Waals surface area contributed by atoms with Gasteiger partial charge < -0.3 is 9.13 Å². The molecule has 1 N–H and O–H groups in total. The highest BCUT2D eigenvalue weighted by molar-refractivity contribution is 5.95. The molecule has 2 aromatic carbocycles. The minimum absolute atomic E-state index is 0.0283. The minimum Gasteiger partial charge on any atom is -0.319 e. The van der Waals surface area contributed by atoms with Crippen LogP contribution in [0.4, 0.5) is 5.69 Å². The van der Waals surface area contributed by atoms with Gasteiger partial charge in [0.2, 0.25) is 0 Å². The number of carbonyl (C=O) groups is 1. The third kappa shape index (κ3) is 4.38. The molecule has 0 aliphatic heterocycles. The molecule has 172 valence electrons. The molecule has 0 fully saturated rings. The number of aromatic nitrogens is 2. The summed E-state index contributed by atoms with van der Waals surface area (Å²) < 4.78 is 4.04. The number of rotatable bonds is 6. The van der Waals surface area contributed by atoms with Crippen molar-refractivity contribution in [3.8, 4) is 11.4 Å². The number of aryl methyl sites for hydroxylation is 3. The largest absolute Gasteiger partial charge is 0.319 e. The topological polar surface area (TPSA) is 94.5 Å². The van der Waals surface area contributed by atoms with Crippen LogP contribution >= 0.6 is 0 Å². The molecule has 4 rings (SSSR count). The normalized spacial score (nSPS) is 11.2. The van der Waals surface area contributed by atoms with Gasteiger partial charge in [0.15, 0.2) is 0 Å². The van der Waals surface area contributed by atoms with Crippen LogP contribution in [0.5, 0.6) is 0 Å². The number of amides is 1. The van der Waals surface area contributed by atoms with Crippen LogP contribution in [0.3, 0.4) is 0 Å². The number of nitro benzene ring substituents is 1. The van der Waals surface area contributed by atoms with E-state index in [9.17, 15) is 14.9 Å². The molecule has 34 heavy (non-hydrogen) atoms. The first kappa shape index (κ1) is 22.7. The maximum absolute atomic E-state index is 12.5. The maximum atomic E-state index is 12.5. The third-order valence-corrected chi connectivity index (χ3v) is 5.80. The van der Waals surface area contributed by atoms with E-state index in [1.165, 1.54) is 12.1 Å². The molecule has 8 heteroatoms. The highest BCUT2D eigenvalue weighted by Gasteiger charge is 2.13. The van der Waals surface area contributed by atoms with Gasteiger partial charge in [0.1, 0.15) is 0 Å². The number of hydrogen-bond donors (Lipinski definition) is 1. The van der Waals surface area contributed by atoms with Crippen LogP contribution in [0.15, 0.2) is 71.8 Å². The van der Waals surface area contributed by atoms with Crippen LogP contribution in [0, 0.1) is 37.8 Å². The van der Waals surface area contributed by atoms with Crippen molar-refractivity contribution in [2.45, 2.75) is 27.7 Å². The Morgan fingerprint density at radius 1 is 0.882 bits per heavy atom. The van der Waals surface area contributed by atoms with Crippen LogP contribution in [0.1, 0.15) is 38.7 Å². The lowest BCUT2D eigenvalue weighted by molar-refractivity contribution is -0.384. The van der Waals surface area contributed by atoms with Crippen molar-refractivity contribution < 1.29 is 9.72 Å². The van der Waals surface area contributed by atoms with E-state index in [0.717, 1.165) is 34.0 Å². The Bertz CT molecular complexity index is 1390. The van der Waals surface area contributed by atoms with E-state index in [4.69, 9.17) is 0 Å². The molecule has 0 unspecified atom stereocenters. The average molecular weight is 456 g/mol. The van der Waals surface area contributed by atoms with E-state index >= 15 is 0 Å². The minimum atomic E-state index is -0.414. The van der Waals surface area contributed by atoms with Crippen LogP contribution < -0.4 is 5.43 Å². The van der Waals surface area contributed by atoms with Gasteiger partial charge in [-0.25, -0.2) is 5.43 Å². The monoisotopic (exact) mass is 455 g/mol. The summed E-state index contributed by atoms with van der Waals surface area (Å²) in [7, 11) is 0. The second-order valence-corrected chi connectivity index (χ2v) is 8.14. The molecule has 1 amide bonds. The molecule has 2 aromatic heterocycles. The van der Waals surface area contributed by atoms with E-state index in [-0.39, 0.29) is 11.6 Å². The Balaban J connectivity index is 1.49. The number of benzene rings is 2. The van der Waals surface area contributed by atoms with E-state index in [1.54, 1.807) is 24.4 Å². The van der Waals surface area contributed by atoms with E-state index in [0.29, 0.717) is 11.3 Å². The molecule has 0 saturated heterocycles. The van der Waals surface area contributed by atoms with Gasteiger partial charge >= 0.3 is 0 Å². The quantitative estimate of drug-likeness (QED) is 0.247. The predicted octanol–water partition coefficient (Wildman–Crippen LogP) is 5.17. The highest BCUT2D eigenvalue weighted by Crippen LogP contribution is 2.23. The van der Waals surface area contributed by atoms with Crippen molar-refractivity contribution in [2.75, 3.05) is 0 Å². The average Bonchev–Trinajstić information content (AvgIpc) is 3.30. The third-order valence-electron chi connectivity index (χ3n) is 5.80. The molecule has 8 nitrogen and oxygen atoms in total. The Labute approximate surface area is 197 Å². The van der Waals surface area contributed by atoms with E-state index in [1.807, 2.05) is 56.5 Å². The zero-order valence-electron chi connectivity index (χ0n) is 19.4. The number of carbonyl (C=O) groups excluding carboxylic acids is 1. The van der Waals surface area contributed by atoms with E-state index < -0.39 is 4.92 Å². The Kier molecular flexibility index (Phi) is 6.14. The molecule has 2 heterocycles. The summed E-state index contributed by atoms with van der Waals surface area (Å²) in [5, 5.41) is 15.2. The molecular weight excluding hydrogens is 430 g/mol. The zero-order chi connectivity index (χ0) is 24.4. The fourth-order valence-corrected chi connectivity index (χ4v) is 4.12. The lowest BCUT2D eigenvalue weighted by Gasteiger charge is -2.10. The lowest BCUT2D eigenvalue weighted by atomic mass is 10.2. The van der Waals surface area contributed by atoms with Crippen molar-refractivity contribution in [1.82, 2.24) is 14.6 Å². The first-order chi connectivity index (χ1) is 16.3. The number of nitrogens with zero attached hydrogens (tertiary/aromatic N) is 4. The van der Waals surface area contributed by atoms with E-state index in [2.05, 4.69) is 27.2 Å². The maximum Gasteiger partial charge on any atom is 0.271 e. The first-order valence-electron chi connectivity index (χ1n) is 10.8. The summed E-state index contributed by atoms with van der Waals surface area (Å²) in [6.07, 6.45) is 1.58. The van der Waals surface area contributed by atoms with Gasteiger partial charge in [0.05, 0.1) is 16.8 Å². The van der Waals surface area contributed by atoms with Gasteiger partial charge in [-0.15, -0.1) is 0 Å². The Morgan fingerprint density at radius 2 is 1.56 bits per heavy atom. The number of nitro groups is 1. The molecule has 0 atom stereocenters. The van der Waals surface area contributed by atoms with Crippen LogP contribution in [0.2, 0.25) is 0 Å². The smallest absolute Gasteiger partial charge is 0.271 e. The number of hydrazone groups is 1. The van der Waals surface area contributed by atoms with Gasteiger partial charge in [-0.3, -0.25) is 14.9 Å². The standard InChI is InChI=1S/C26H25N5O3/c1-17-8-9-18(2)29(17)23-12-10-21(11-13-23)26(32)28-27-16-22-14-19(3)30(20(22)4)24-6-5-7-25(15-24)31(33)34/h5-16H,1-4H3,(H,28,32). The van der Waals surface area contributed by atoms with Gasteiger partial charge in [-0.1, -0.05) is 6.07 Å². The number of hydrogen-bond acceptors (Lipinski definition) is 4. The Hall–Kier alpha value is -4.46. The zero-order valence-corrected chi connectivity index (χ0v) is 19.4. The summed E-state index contributed by atoms with van der Waals surface area (Å²) in [5.74, 6) is -0.309. The van der Waals surface area contributed by atoms with Gasteiger partial charge in [0, 0.05) is 51.7 Å². The molecule has 0 bridgehead atoms. The lowest BCUT2D eigenvalue weighted by Crippen LogP contribution is -2.17. The summed E-state index contributed by atoms with van der Waals surface area (Å²) in [4.78, 5) is 23.3. The van der Waals surface area contributed by atoms with Crippen molar-refractivity contribution in [3.63, 3.8) is 0 Å². The predicted molar refractivity (Wildman–Crippen MR) is 132 cm³/mol. The molecular formula is C26H25N5O3. The fraction of sp³-hybridized carbons (Fsp3) is 0.154. The number of non-ortho nitro benzene ring substituents is 1. The fourth-order valence-electron chi connectivity index (χ4n) is 4.12. The highest BCUT2D eigenvalue weighted by atomic mass is 16.6. The van der Waals surface area contributed by atoms with Crippen LogP contribution in [0.25, 0.3) is 11.4 Å². The second-order valence-electron chi connectivity index (χ2n) is 8.14. The second kappa shape index (κ2) is 9.19.